The van der Waals surface area contributed by atoms with E-state index in [0.717, 1.165) is 17.7 Å². The third-order valence-electron chi connectivity index (χ3n) is 6.11. The number of ether oxygens (including phenoxy) is 2. The number of hydrogen-bond donors (Lipinski definition) is 2. The van der Waals surface area contributed by atoms with E-state index < -0.39 is 5.56 Å². The second-order valence-electron chi connectivity index (χ2n) is 9.02. The van der Waals surface area contributed by atoms with Gasteiger partial charge in [-0.2, -0.15) is 0 Å². The molecule has 37 heavy (non-hydrogen) atoms. The SMILES string of the molecule is CN1CCOCCOc2ccccc2CNC(=O)Cn2c(Cl)c[nH+]c(c2=O)N[C@@H](Cc2ccccc2)C1. The number of nitrogens with zero attached hydrogens (tertiary/aromatic N) is 2. The molecule has 9 nitrogen and oxygen atoms in total. The van der Waals surface area contributed by atoms with E-state index in [1.807, 2.05) is 49.5 Å². The van der Waals surface area contributed by atoms with Crippen LogP contribution >= 0.6 is 11.6 Å². The van der Waals surface area contributed by atoms with Crippen LogP contribution in [0.5, 0.6) is 5.75 Å². The fourth-order valence-electron chi connectivity index (χ4n) is 4.20. The van der Waals surface area contributed by atoms with Crippen molar-refractivity contribution in [2.24, 2.45) is 0 Å². The number of likely N-dealkylation sites (N-methyl/N-ethyl adjacent to an activating group) is 1. The van der Waals surface area contributed by atoms with Gasteiger partial charge < -0.3 is 14.8 Å². The quantitative estimate of drug-likeness (QED) is 0.530. The van der Waals surface area contributed by atoms with Crippen molar-refractivity contribution in [3.8, 4) is 5.75 Å². The molecule has 10 heteroatoms. The monoisotopic (exact) mass is 526 g/mol. The standard InChI is InChI=1S/C27H32ClN5O4/c1-32-11-12-36-13-14-37-23-10-6-5-9-21(23)16-29-25(34)19-33-24(28)17-30-26(27(33)35)31-22(18-32)15-20-7-3-2-4-8-20/h2-10,17,22H,11-16,18-19H2,1H3,(H,29,34)(H,30,31)/p+1/t22-/m0/s1. The summed E-state index contributed by atoms with van der Waals surface area (Å²) < 4.78 is 12.9. The molecule has 0 saturated carbocycles. The molecule has 196 valence electrons. The number of fused-ring (bicyclic) bond motifs is 3. The van der Waals surface area contributed by atoms with Crippen molar-refractivity contribution in [1.82, 2.24) is 14.8 Å². The Bertz CT molecular complexity index is 1240. The highest BCUT2D eigenvalue weighted by Gasteiger charge is 2.23. The van der Waals surface area contributed by atoms with Crippen LogP contribution in [0.2, 0.25) is 5.15 Å². The van der Waals surface area contributed by atoms with Crippen molar-refractivity contribution in [3.63, 3.8) is 0 Å². The van der Waals surface area contributed by atoms with E-state index in [1.54, 1.807) is 0 Å². The zero-order valence-corrected chi connectivity index (χ0v) is 21.7. The summed E-state index contributed by atoms with van der Waals surface area (Å²) in [5.74, 6) is 0.624. The van der Waals surface area contributed by atoms with Crippen molar-refractivity contribution in [3.05, 3.63) is 87.4 Å². The van der Waals surface area contributed by atoms with E-state index in [0.29, 0.717) is 38.5 Å². The molecule has 4 rings (SSSR count). The Balaban J connectivity index is 1.58. The summed E-state index contributed by atoms with van der Waals surface area (Å²) in [5.41, 5.74) is 1.58. The lowest BCUT2D eigenvalue weighted by Gasteiger charge is -2.22. The predicted octanol–water partition coefficient (Wildman–Crippen LogP) is 2.00. The Kier molecular flexibility index (Phi) is 9.53. The number of carbonyl (C=O) groups is 1. The highest BCUT2D eigenvalue weighted by molar-refractivity contribution is 6.29. The number of para-hydroxylation sites is 1. The van der Waals surface area contributed by atoms with E-state index in [9.17, 15) is 9.59 Å². The van der Waals surface area contributed by atoms with Gasteiger partial charge in [-0.15, -0.1) is 0 Å². The zero-order valence-electron chi connectivity index (χ0n) is 20.9. The molecule has 2 heterocycles. The number of rotatable bonds is 2. The minimum absolute atomic E-state index is 0.0836. The predicted molar refractivity (Wildman–Crippen MR) is 142 cm³/mol. The highest BCUT2D eigenvalue weighted by atomic mass is 35.5. The lowest BCUT2D eigenvalue weighted by atomic mass is 10.1. The normalized spacial score (nSPS) is 18.2. The largest absolute Gasteiger partial charge is 0.491 e. The van der Waals surface area contributed by atoms with E-state index in [4.69, 9.17) is 21.1 Å². The smallest absolute Gasteiger partial charge is 0.341 e. The minimum atomic E-state index is -0.395. The second-order valence-corrected chi connectivity index (χ2v) is 9.40. The number of hydrogen-bond acceptors (Lipinski definition) is 6. The topological polar surface area (TPSA) is 99.0 Å². The van der Waals surface area contributed by atoms with Crippen molar-refractivity contribution in [1.29, 1.82) is 0 Å². The van der Waals surface area contributed by atoms with Gasteiger partial charge in [0.15, 0.2) is 5.15 Å². The molecule has 0 aliphatic carbocycles. The van der Waals surface area contributed by atoms with Gasteiger partial charge in [0.1, 0.15) is 31.1 Å². The van der Waals surface area contributed by atoms with Crippen LogP contribution in [0.1, 0.15) is 11.1 Å². The number of aromatic nitrogens is 2. The van der Waals surface area contributed by atoms with Crippen LogP contribution in [-0.2, 0) is 29.0 Å². The van der Waals surface area contributed by atoms with Crippen molar-refractivity contribution < 1.29 is 19.3 Å². The van der Waals surface area contributed by atoms with Gasteiger partial charge in [-0.05, 0) is 18.7 Å². The van der Waals surface area contributed by atoms with Crippen LogP contribution in [0.4, 0.5) is 5.82 Å². The molecule has 2 bridgehead atoms. The highest BCUT2D eigenvalue weighted by Crippen LogP contribution is 2.18. The first kappa shape index (κ1) is 26.7. The summed E-state index contributed by atoms with van der Waals surface area (Å²) in [6.45, 7) is 2.84. The number of carbonyl (C=O) groups excluding carboxylic acids is 1. The maximum Gasteiger partial charge on any atom is 0.341 e. The van der Waals surface area contributed by atoms with Crippen LogP contribution in [0, 0.1) is 0 Å². The fourth-order valence-corrected chi connectivity index (χ4v) is 4.39. The van der Waals surface area contributed by atoms with Crippen molar-refractivity contribution in [2.75, 3.05) is 45.3 Å². The van der Waals surface area contributed by atoms with Gasteiger partial charge in [-0.3, -0.25) is 24.4 Å². The molecule has 0 unspecified atom stereocenters. The van der Waals surface area contributed by atoms with Crippen LogP contribution in [-0.4, -0.2) is 61.4 Å². The Labute approximate surface area is 221 Å². The Hall–Kier alpha value is -3.40. The molecule has 3 aromatic rings. The third-order valence-corrected chi connectivity index (χ3v) is 6.42. The molecule has 2 aromatic carbocycles. The number of nitrogens with one attached hydrogen (secondary N) is 3. The summed E-state index contributed by atoms with van der Waals surface area (Å²) in [4.78, 5) is 31.2. The molecule has 1 aliphatic heterocycles. The number of halogens is 1. The molecule has 1 aliphatic rings. The minimum Gasteiger partial charge on any atom is -0.491 e. The van der Waals surface area contributed by atoms with Gasteiger partial charge in [-0.25, -0.2) is 4.98 Å². The van der Waals surface area contributed by atoms with E-state index in [2.05, 4.69) is 32.7 Å². The van der Waals surface area contributed by atoms with E-state index in [-0.39, 0.29) is 36.0 Å². The molecule has 0 saturated heterocycles. The molecule has 0 radical (unpaired) electrons. The first-order valence-electron chi connectivity index (χ1n) is 12.3. The van der Waals surface area contributed by atoms with Gasteiger partial charge >= 0.3 is 11.4 Å². The third kappa shape index (κ3) is 7.79. The summed E-state index contributed by atoms with van der Waals surface area (Å²) in [7, 11) is 2.02. The number of anilines is 1. The van der Waals surface area contributed by atoms with Gasteiger partial charge in [0, 0.05) is 31.6 Å². The summed E-state index contributed by atoms with van der Waals surface area (Å²) >= 11 is 6.31. The van der Waals surface area contributed by atoms with E-state index >= 15 is 0 Å². The molecular formula is C27H33ClN5O4+. The first-order chi connectivity index (χ1) is 18.0. The molecular weight excluding hydrogens is 494 g/mol. The van der Waals surface area contributed by atoms with Crippen molar-refractivity contribution in [2.45, 2.75) is 25.6 Å². The lowest BCUT2D eigenvalue weighted by Crippen LogP contribution is -2.42. The molecule has 1 atom stereocenters. The van der Waals surface area contributed by atoms with Crippen molar-refractivity contribution >= 4 is 23.3 Å². The average Bonchev–Trinajstić information content (AvgIpc) is 2.89. The lowest BCUT2D eigenvalue weighted by molar-refractivity contribution is -0.363. The Morgan fingerprint density at radius 2 is 1.84 bits per heavy atom. The summed E-state index contributed by atoms with van der Waals surface area (Å²) in [5, 5.41) is 6.36. The average molecular weight is 527 g/mol. The molecule has 3 N–H and O–H groups in total. The molecule has 0 fully saturated rings. The maximum atomic E-state index is 13.3. The molecule has 0 spiro atoms. The number of amides is 1. The summed E-state index contributed by atoms with van der Waals surface area (Å²) in [6, 6.07) is 17.5. The van der Waals surface area contributed by atoms with E-state index in [1.165, 1.54) is 10.8 Å². The van der Waals surface area contributed by atoms with Crippen LogP contribution in [0.3, 0.4) is 0 Å². The van der Waals surface area contributed by atoms with Gasteiger partial charge in [0.2, 0.25) is 5.91 Å². The molecule has 1 amide bonds. The Morgan fingerprint density at radius 1 is 1.05 bits per heavy atom. The Morgan fingerprint density at radius 3 is 2.68 bits per heavy atom. The van der Waals surface area contributed by atoms with Crippen LogP contribution in [0.25, 0.3) is 0 Å². The van der Waals surface area contributed by atoms with Gasteiger partial charge in [-0.1, -0.05) is 60.1 Å². The second kappa shape index (κ2) is 13.2. The van der Waals surface area contributed by atoms with Crippen LogP contribution < -0.4 is 25.9 Å². The maximum absolute atomic E-state index is 13.3. The first-order valence-corrected chi connectivity index (χ1v) is 12.7. The number of H-pyrrole nitrogens is 1. The van der Waals surface area contributed by atoms with Gasteiger partial charge in [0.25, 0.3) is 0 Å². The number of benzene rings is 2. The fraction of sp³-hybridized carbons (Fsp3) is 0.370. The van der Waals surface area contributed by atoms with Crippen LogP contribution in [0.15, 0.2) is 65.6 Å². The number of aromatic amines is 1. The summed E-state index contributed by atoms with van der Waals surface area (Å²) in [6.07, 6.45) is 2.22. The molecule has 1 aromatic heterocycles. The van der Waals surface area contributed by atoms with Gasteiger partial charge in [0.05, 0.1) is 13.2 Å². The zero-order chi connectivity index (χ0) is 26.0.